The van der Waals surface area contributed by atoms with Gasteiger partial charge in [0.2, 0.25) is 0 Å². The second kappa shape index (κ2) is 7.04. The molecule has 1 amide bonds. The molecule has 136 valence electrons. The molecule has 0 spiro atoms. The van der Waals surface area contributed by atoms with E-state index < -0.39 is 6.09 Å². The lowest BCUT2D eigenvalue weighted by molar-refractivity contribution is 0.0611. The van der Waals surface area contributed by atoms with Gasteiger partial charge in [-0.1, -0.05) is 20.8 Å². The Balaban J connectivity index is 1.98. The number of aromatic nitrogens is 2. The summed E-state index contributed by atoms with van der Waals surface area (Å²) < 4.78 is 13.1. The second-order valence-corrected chi connectivity index (χ2v) is 7.64. The number of carbonyl (C=O) groups is 1. The molecular formula is C19H27N3O3. The van der Waals surface area contributed by atoms with E-state index >= 15 is 0 Å². The van der Waals surface area contributed by atoms with Crippen LogP contribution in [0, 0.1) is 5.92 Å². The van der Waals surface area contributed by atoms with Crippen LogP contribution in [0.4, 0.5) is 4.79 Å². The minimum absolute atomic E-state index is 0.0635. The van der Waals surface area contributed by atoms with Crippen LogP contribution in [0.5, 0.6) is 5.75 Å². The molecule has 1 aliphatic heterocycles. The molecule has 6 nitrogen and oxygen atoms in total. The molecule has 0 aliphatic carbocycles. The van der Waals surface area contributed by atoms with Crippen LogP contribution in [0.2, 0.25) is 0 Å². The number of imidazole rings is 1. The van der Waals surface area contributed by atoms with Crippen molar-refractivity contribution in [3.8, 4) is 5.75 Å². The number of rotatable bonds is 3. The second-order valence-electron chi connectivity index (χ2n) is 7.64. The first kappa shape index (κ1) is 17.7. The van der Waals surface area contributed by atoms with E-state index in [2.05, 4.69) is 30.7 Å². The summed E-state index contributed by atoms with van der Waals surface area (Å²) >= 11 is 0. The summed E-state index contributed by atoms with van der Waals surface area (Å²) in [6.45, 7) is 9.16. The maximum absolute atomic E-state index is 11.4. The van der Waals surface area contributed by atoms with E-state index in [-0.39, 0.29) is 5.41 Å². The van der Waals surface area contributed by atoms with Crippen molar-refractivity contribution in [2.75, 3.05) is 20.3 Å². The Morgan fingerprint density at radius 2 is 2.08 bits per heavy atom. The Bertz CT molecular complexity index is 755. The van der Waals surface area contributed by atoms with Crippen molar-refractivity contribution >= 4 is 17.1 Å². The van der Waals surface area contributed by atoms with Gasteiger partial charge in [-0.3, -0.25) is 0 Å². The number of benzene rings is 1. The number of nitrogens with one attached hydrogen (secondary N) is 1. The highest BCUT2D eigenvalue weighted by atomic mass is 16.5. The van der Waals surface area contributed by atoms with Crippen molar-refractivity contribution in [1.82, 2.24) is 14.9 Å². The van der Waals surface area contributed by atoms with Gasteiger partial charge >= 0.3 is 6.09 Å². The van der Waals surface area contributed by atoms with Gasteiger partial charge < -0.3 is 19.4 Å². The zero-order valence-electron chi connectivity index (χ0n) is 15.5. The van der Waals surface area contributed by atoms with Crippen molar-refractivity contribution < 1.29 is 14.3 Å². The van der Waals surface area contributed by atoms with E-state index in [0.29, 0.717) is 11.7 Å². The molecule has 0 radical (unpaired) electrons. The molecule has 25 heavy (non-hydrogen) atoms. The molecule has 0 atom stereocenters. The zero-order chi connectivity index (χ0) is 18.0. The third kappa shape index (κ3) is 3.95. The molecule has 2 aromatic rings. The van der Waals surface area contributed by atoms with Gasteiger partial charge in [0, 0.05) is 38.3 Å². The Hall–Kier alpha value is -2.08. The topological polar surface area (TPSA) is 65.4 Å². The van der Waals surface area contributed by atoms with Crippen LogP contribution in [0.25, 0.3) is 11.0 Å². The maximum Gasteiger partial charge on any atom is 0.412 e. The molecule has 1 N–H and O–H groups in total. The normalized spacial score (nSPS) is 16.2. The van der Waals surface area contributed by atoms with E-state index in [1.54, 1.807) is 7.05 Å². The van der Waals surface area contributed by atoms with Crippen LogP contribution in [-0.4, -0.2) is 35.9 Å². The fraction of sp³-hybridized carbons (Fsp3) is 0.579. The molecule has 3 rings (SSSR count). The molecule has 1 aromatic heterocycles. The quantitative estimate of drug-likeness (QED) is 0.925. The Labute approximate surface area is 148 Å². The minimum Gasteiger partial charge on any atom is -0.410 e. The highest BCUT2D eigenvalue weighted by Gasteiger charge is 2.25. The lowest BCUT2D eigenvalue weighted by Crippen LogP contribution is -2.25. The zero-order valence-corrected chi connectivity index (χ0v) is 15.5. The van der Waals surface area contributed by atoms with Crippen LogP contribution < -0.4 is 10.1 Å². The molecule has 1 aliphatic rings. The SMILES string of the molecule is CNC(=O)Oc1ccc2c(c1)nc(C(C)(C)C)n2CC1CCOCC1. The first-order valence-electron chi connectivity index (χ1n) is 8.86. The van der Waals surface area contributed by atoms with Gasteiger partial charge in [0.05, 0.1) is 11.0 Å². The predicted molar refractivity (Wildman–Crippen MR) is 97.1 cm³/mol. The molecule has 2 heterocycles. The van der Waals surface area contributed by atoms with Crippen molar-refractivity contribution in [3.63, 3.8) is 0 Å². The Morgan fingerprint density at radius 3 is 2.72 bits per heavy atom. The molecule has 0 bridgehead atoms. The predicted octanol–water partition coefficient (Wildman–Crippen LogP) is 3.48. The molecular weight excluding hydrogens is 318 g/mol. The summed E-state index contributed by atoms with van der Waals surface area (Å²) in [5.41, 5.74) is 1.88. The van der Waals surface area contributed by atoms with Crippen molar-refractivity contribution in [1.29, 1.82) is 0 Å². The summed E-state index contributed by atoms with van der Waals surface area (Å²) in [5.74, 6) is 2.17. The molecule has 1 aromatic carbocycles. The third-order valence-corrected chi connectivity index (χ3v) is 4.59. The standard InChI is InChI=1S/C19H27N3O3/c1-19(2,3)17-21-15-11-14(25-18(23)20-4)5-6-16(15)22(17)12-13-7-9-24-10-8-13/h5-6,11,13H,7-10,12H2,1-4H3,(H,20,23). The van der Waals surface area contributed by atoms with Crippen molar-refractivity contribution in [3.05, 3.63) is 24.0 Å². The summed E-state index contributed by atoms with van der Waals surface area (Å²) in [5, 5.41) is 2.46. The third-order valence-electron chi connectivity index (χ3n) is 4.59. The summed E-state index contributed by atoms with van der Waals surface area (Å²) in [6, 6.07) is 5.65. The Morgan fingerprint density at radius 1 is 1.36 bits per heavy atom. The summed E-state index contributed by atoms with van der Waals surface area (Å²) in [4.78, 5) is 16.3. The van der Waals surface area contributed by atoms with E-state index in [1.165, 1.54) is 0 Å². The van der Waals surface area contributed by atoms with Crippen LogP contribution in [0.3, 0.4) is 0 Å². The van der Waals surface area contributed by atoms with Crippen molar-refractivity contribution in [2.45, 2.75) is 45.6 Å². The molecule has 0 unspecified atom stereocenters. The van der Waals surface area contributed by atoms with Gasteiger partial charge in [-0.05, 0) is 30.9 Å². The van der Waals surface area contributed by atoms with Crippen LogP contribution in [0.15, 0.2) is 18.2 Å². The lowest BCUT2D eigenvalue weighted by Gasteiger charge is -2.26. The van der Waals surface area contributed by atoms with Gasteiger partial charge in [0.25, 0.3) is 0 Å². The van der Waals surface area contributed by atoms with Crippen LogP contribution >= 0.6 is 0 Å². The molecule has 6 heteroatoms. The van der Waals surface area contributed by atoms with E-state index in [4.69, 9.17) is 14.5 Å². The van der Waals surface area contributed by atoms with Gasteiger partial charge in [0.1, 0.15) is 11.6 Å². The lowest BCUT2D eigenvalue weighted by atomic mass is 9.94. The smallest absolute Gasteiger partial charge is 0.410 e. The monoisotopic (exact) mass is 345 g/mol. The van der Waals surface area contributed by atoms with Crippen molar-refractivity contribution in [2.24, 2.45) is 5.92 Å². The number of ether oxygens (including phenoxy) is 2. The highest BCUT2D eigenvalue weighted by Crippen LogP contribution is 2.30. The highest BCUT2D eigenvalue weighted by molar-refractivity contribution is 5.79. The maximum atomic E-state index is 11.4. The molecule has 0 saturated carbocycles. The van der Waals surface area contributed by atoms with Gasteiger partial charge in [0.15, 0.2) is 0 Å². The number of carbonyl (C=O) groups excluding carboxylic acids is 1. The van der Waals surface area contributed by atoms with Crippen LogP contribution in [-0.2, 0) is 16.7 Å². The molecule has 1 fully saturated rings. The Kier molecular flexibility index (Phi) is 4.99. The molecule has 1 saturated heterocycles. The average Bonchev–Trinajstić information content (AvgIpc) is 2.94. The number of nitrogens with zero attached hydrogens (tertiary/aromatic N) is 2. The first-order chi connectivity index (χ1) is 11.9. The van der Waals surface area contributed by atoms with E-state index in [0.717, 1.165) is 49.5 Å². The number of hydrogen-bond donors (Lipinski definition) is 1. The summed E-state index contributed by atoms with van der Waals surface area (Å²) in [6.07, 6.45) is 1.69. The minimum atomic E-state index is -0.475. The number of amides is 1. The van der Waals surface area contributed by atoms with E-state index in [1.807, 2.05) is 18.2 Å². The van der Waals surface area contributed by atoms with Gasteiger partial charge in [-0.25, -0.2) is 9.78 Å². The fourth-order valence-corrected chi connectivity index (χ4v) is 3.28. The summed E-state index contributed by atoms with van der Waals surface area (Å²) in [7, 11) is 1.54. The first-order valence-corrected chi connectivity index (χ1v) is 8.86. The number of hydrogen-bond acceptors (Lipinski definition) is 4. The van der Waals surface area contributed by atoms with Crippen LogP contribution in [0.1, 0.15) is 39.4 Å². The van der Waals surface area contributed by atoms with Gasteiger partial charge in [-0.2, -0.15) is 0 Å². The number of fused-ring (bicyclic) bond motifs is 1. The van der Waals surface area contributed by atoms with E-state index in [9.17, 15) is 4.79 Å². The average molecular weight is 345 g/mol. The van der Waals surface area contributed by atoms with Gasteiger partial charge in [-0.15, -0.1) is 0 Å². The fourth-order valence-electron chi connectivity index (χ4n) is 3.28. The largest absolute Gasteiger partial charge is 0.412 e.